The second-order valence-electron chi connectivity index (χ2n) is 6.11. The van der Waals surface area contributed by atoms with E-state index in [1.165, 1.54) is 0 Å². The maximum absolute atomic E-state index is 11.6. The molecule has 0 aliphatic heterocycles. The van der Waals surface area contributed by atoms with Crippen LogP contribution in [0.1, 0.15) is 64.4 Å². The molecule has 0 aliphatic carbocycles. The minimum Gasteiger partial charge on any atom is -0.303 e. The predicted molar refractivity (Wildman–Crippen MR) is 85.1 cm³/mol. The first-order valence-corrected chi connectivity index (χ1v) is 7.26. The first-order valence-electron chi connectivity index (χ1n) is 7.26. The van der Waals surface area contributed by atoms with Gasteiger partial charge in [0.1, 0.15) is 6.29 Å². The average molecular weight is 276 g/mol. The Bertz CT molecular complexity index is 456. The summed E-state index contributed by atoms with van der Waals surface area (Å²) in [5.41, 5.74) is 1.16. The second kappa shape index (κ2) is 7.37. The Morgan fingerprint density at radius 2 is 1.60 bits per heavy atom. The number of hydrogen-bond donors (Lipinski definition) is 0. The minimum atomic E-state index is -0.420. The van der Waals surface area contributed by atoms with E-state index in [4.69, 9.17) is 0 Å². The zero-order chi connectivity index (χ0) is 16.0. The van der Waals surface area contributed by atoms with Crippen LogP contribution in [-0.2, 0) is 11.2 Å². The second-order valence-corrected chi connectivity index (χ2v) is 6.11. The molecule has 2 nitrogen and oxygen atoms in total. The average Bonchev–Trinajstić information content (AvgIpc) is 2.40. The van der Waals surface area contributed by atoms with Gasteiger partial charge in [0.25, 0.3) is 0 Å². The van der Waals surface area contributed by atoms with Crippen molar-refractivity contribution in [2.75, 3.05) is 0 Å². The van der Waals surface area contributed by atoms with Crippen LogP contribution in [0.25, 0.3) is 0 Å². The summed E-state index contributed by atoms with van der Waals surface area (Å²) in [5, 5.41) is 0. The molecule has 0 aliphatic rings. The third-order valence-electron chi connectivity index (χ3n) is 4.07. The van der Waals surface area contributed by atoms with Gasteiger partial charge in [0.05, 0.1) is 0 Å². The molecule has 0 radical (unpaired) electrons. The summed E-state index contributed by atoms with van der Waals surface area (Å²) in [6.45, 7) is 13.6. The molecule has 0 saturated heterocycles. The van der Waals surface area contributed by atoms with Crippen molar-refractivity contribution in [3.8, 4) is 0 Å². The lowest BCUT2D eigenvalue weighted by molar-refractivity contribution is -0.120. The summed E-state index contributed by atoms with van der Waals surface area (Å²) in [4.78, 5) is 22.8. The monoisotopic (exact) mass is 276 g/mol. The highest BCUT2D eigenvalue weighted by atomic mass is 16.1. The molecule has 2 heteroatoms. The van der Waals surface area contributed by atoms with E-state index in [1.807, 2.05) is 52.0 Å². The van der Waals surface area contributed by atoms with E-state index in [-0.39, 0.29) is 11.2 Å². The summed E-state index contributed by atoms with van der Waals surface area (Å²) in [7, 11) is 0. The first kappa shape index (κ1) is 18.6. The van der Waals surface area contributed by atoms with Crippen molar-refractivity contribution < 1.29 is 9.59 Å². The molecule has 0 unspecified atom stereocenters. The van der Waals surface area contributed by atoms with E-state index < -0.39 is 5.41 Å². The van der Waals surface area contributed by atoms with Crippen LogP contribution in [0.15, 0.2) is 24.3 Å². The molecule has 0 amide bonds. The molecule has 1 aromatic carbocycles. The quantitative estimate of drug-likeness (QED) is 0.576. The SMILES string of the molecule is CC.CC(=O)c1ccccc1CC(C)(C)C(C)(C)C=O. The molecule has 1 rings (SSSR count). The molecule has 0 fully saturated rings. The predicted octanol–water partition coefficient (Wildman–Crippen LogP) is 4.71. The zero-order valence-corrected chi connectivity index (χ0v) is 13.9. The van der Waals surface area contributed by atoms with E-state index >= 15 is 0 Å². The molecular weight excluding hydrogens is 248 g/mol. The van der Waals surface area contributed by atoms with Gasteiger partial charge in [0.2, 0.25) is 0 Å². The van der Waals surface area contributed by atoms with Gasteiger partial charge < -0.3 is 4.79 Å². The Labute approximate surface area is 123 Å². The van der Waals surface area contributed by atoms with Gasteiger partial charge in [-0.3, -0.25) is 4.79 Å². The zero-order valence-electron chi connectivity index (χ0n) is 13.9. The molecule has 1 aromatic rings. The van der Waals surface area contributed by atoms with Crippen LogP contribution in [0.5, 0.6) is 0 Å². The van der Waals surface area contributed by atoms with Crippen LogP contribution in [0.2, 0.25) is 0 Å². The fraction of sp³-hybridized carbons (Fsp3) is 0.556. The van der Waals surface area contributed by atoms with E-state index in [1.54, 1.807) is 6.92 Å². The van der Waals surface area contributed by atoms with Crippen LogP contribution in [0.4, 0.5) is 0 Å². The van der Waals surface area contributed by atoms with Crippen LogP contribution in [0, 0.1) is 10.8 Å². The Kier molecular flexibility index (Phi) is 6.84. The van der Waals surface area contributed by atoms with Crippen molar-refractivity contribution in [2.24, 2.45) is 10.8 Å². The van der Waals surface area contributed by atoms with Crippen LogP contribution in [0.3, 0.4) is 0 Å². The smallest absolute Gasteiger partial charge is 0.160 e. The van der Waals surface area contributed by atoms with Gasteiger partial charge >= 0.3 is 0 Å². The van der Waals surface area contributed by atoms with Gasteiger partial charge in [-0.05, 0) is 24.3 Å². The fourth-order valence-electron chi connectivity index (χ4n) is 1.88. The largest absolute Gasteiger partial charge is 0.303 e. The van der Waals surface area contributed by atoms with E-state index in [9.17, 15) is 9.59 Å². The van der Waals surface area contributed by atoms with Crippen LogP contribution >= 0.6 is 0 Å². The number of rotatable bonds is 5. The molecule has 0 saturated carbocycles. The van der Waals surface area contributed by atoms with E-state index in [0.717, 1.165) is 17.4 Å². The number of hydrogen-bond acceptors (Lipinski definition) is 2. The first-order chi connectivity index (χ1) is 9.21. The highest BCUT2D eigenvalue weighted by Gasteiger charge is 2.37. The summed E-state index contributed by atoms with van der Waals surface area (Å²) in [6, 6.07) is 7.63. The minimum absolute atomic E-state index is 0.0744. The highest BCUT2D eigenvalue weighted by Crippen LogP contribution is 2.40. The van der Waals surface area contributed by atoms with Crippen molar-refractivity contribution in [1.82, 2.24) is 0 Å². The number of benzene rings is 1. The van der Waals surface area contributed by atoms with Gasteiger partial charge in [-0.15, -0.1) is 0 Å². The Hall–Kier alpha value is -1.44. The Morgan fingerprint density at radius 1 is 1.10 bits per heavy atom. The highest BCUT2D eigenvalue weighted by molar-refractivity contribution is 5.95. The molecular formula is C18H28O2. The third kappa shape index (κ3) is 4.29. The molecule has 0 bridgehead atoms. The number of ketones is 1. The van der Waals surface area contributed by atoms with Crippen molar-refractivity contribution in [2.45, 2.75) is 54.9 Å². The maximum Gasteiger partial charge on any atom is 0.160 e. The molecule has 20 heavy (non-hydrogen) atoms. The van der Waals surface area contributed by atoms with Crippen molar-refractivity contribution >= 4 is 12.1 Å². The fourth-order valence-corrected chi connectivity index (χ4v) is 1.88. The summed E-state index contributed by atoms with van der Waals surface area (Å²) in [6.07, 6.45) is 1.72. The lowest BCUT2D eigenvalue weighted by atomic mass is 9.65. The molecule has 0 spiro atoms. The van der Waals surface area contributed by atoms with Gasteiger partial charge in [0.15, 0.2) is 5.78 Å². The van der Waals surface area contributed by atoms with E-state index in [0.29, 0.717) is 6.42 Å². The Balaban J connectivity index is 0.00000172. The van der Waals surface area contributed by atoms with Crippen LogP contribution in [-0.4, -0.2) is 12.1 Å². The number of carbonyl (C=O) groups is 2. The molecule has 0 N–H and O–H groups in total. The lowest BCUT2D eigenvalue weighted by Crippen LogP contribution is -2.36. The van der Waals surface area contributed by atoms with Crippen molar-refractivity contribution in [1.29, 1.82) is 0 Å². The van der Waals surface area contributed by atoms with Gasteiger partial charge in [-0.1, -0.05) is 65.8 Å². The van der Waals surface area contributed by atoms with Gasteiger partial charge in [0, 0.05) is 11.0 Å². The van der Waals surface area contributed by atoms with Crippen molar-refractivity contribution in [3.63, 3.8) is 0 Å². The number of aldehydes is 1. The summed E-state index contributed by atoms with van der Waals surface area (Å²) < 4.78 is 0. The molecule has 0 aromatic heterocycles. The van der Waals surface area contributed by atoms with E-state index in [2.05, 4.69) is 13.8 Å². The van der Waals surface area contributed by atoms with Gasteiger partial charge in [-0.25, -0.2) is 0 Å². The summed E-state index contributed by atoms with van der Waals surface area (Å²) >= 11 is 0. The topological polar surface area (TPSA) is 34.1 Å². The van der Waals surface area contributed by atoms with Gasteiger partial charge in [-0.2, -0.15) is 0 Å². The third-order valence-corrected chi connectivity index (χ3v) is 4.07. The van der Waals surface area contributed by atoms with Crippen LogP contribution < -0.4 is 0 Å². The number of carbonyl (C=O) groups excluding carboxylic acids is 2. The normalized spacial score (nSPS) is 11.3. The molecule has 112 valence electrons. The molecule has 0 atom stereocenters. The van der Waals surface area contributed by atoms with Crippen molar-refractivity contribution in [3.05, 3.63) is 35.4 Å². The maximum atomic E-state index is 11.6. The Morgan fingerprint density at radius 3 is 2.05 bits per heavy atom. The lowest BCUT2D eigenvalue weighted by Gasteiger charge is -2.38. The standard InChI is InChI=1S/C16H22O2.C2H6/c1-12(18)14-9-7-6-8-13(14)10-15(2,3)16(4,5)11-17;1-2/h6-9,11H,10H2,1-5H3;1-2H3. The number of Topliss-reactive ketones (excluding diaryl/α,β-unsaturated/α-hetero) is 1. The molecule has 0 heterocycles. The summed E-state index contributed by atoms with van der Waals surface area (Å²) in [5.74, 6) is 0.0744.